The first-order valence-corrected chi connectivity index (χ1v) is 5.80. The number of hydrogen-bond acceptors (Lipinski definition) is 1. The summed E-state index contributed by atoms with van der Waals surface area (Å²) in [6.07, 6.45) is 4.43. The Hall–Kier alpha value is -1.08. The third kappa shape index (κ3) is 1.98. The second-order valence-corrected chi connectivity index (χ2v) is 4.23. The summed E-state index contributed by atoms with van der Waals surface area (Å²) in [6, 6.07) is 9.17. The van der Waals surface area contributed by atoms with E-state index in [1.807, 2.05) is 0 Å². The second-order valence-electron chi connectivity index (χ2n) is 4.23. The third-order valence-electron chi connectivity index (χ3n) is 3.21. The zero-order valence-electron chi connectivity index (χ0n) is 9.37. The molecule has 0 spiro atoms. The molecular formula is C14H19N. The molecule has 1 aromatic rings. The van der Waals surface area contributed by atoms with Gasteiger partial charge in [-0.2, -0.15) is 0 Å². The van der Waals surface area contributed by atoms with Gasteiger partial charge in [0.1, 0.15) is 0 Å². The molecule has 0 saturated heterocycles. The Bertz CT molecular complexity index is 343. The fourth-order valence-corrected chi connectivity index (χ4v) is 2.32. The van der Waals surface area contributed by atoms with E-state index >= 15 is 0 Å². The lowest BCUT2D eigenvalue weighted by Crippen LogP contribution is -2.38. The van der Waals surface area contributed by atoms with Gasteiger partial charge in [0.2, 0.25) is 0 Å². The molecule has 0 amide bonds. The van der Waals surface area contributed by atoms with E-state index in [-0.39, 0.29) is 0 Å². The first-order chi connectivity index (χ1) is 7.36. The molecule has 2 rings (SSSR count). The smallest absolute Gasteiger partial charge is 0.0319 e. The molecule has 0 fully saturated rings. The molecular weight excluding hydrogens is 182 g/mol. The molecule has 0 bridgehead atoms. The summed E-state index contributed by atoms with van der Waals surface area (Å²) < 4.78 is 0. The third-order valence-corrected chi connectivity index (χ3v) is 3.21. The van der Waals surface area contributed by atoms with Gasteiger partial charge in [-0.1, -0.05) is 37.3 Å². The van der Waals surface area contributed by atoms with E-state index in [0.717, 1.165) is 6.54 Å². The second kappa shape index (κ2) is 4.63. The van der Waals surface area contributed by atoms with Crippen molar-refractivity contribution in [2.75, 3.05) is 6.54 Å². The van der Waals surface area contributed by atoms with E-state index in [1.54, 1.807) is 0 Å². The molecule has 1 aliphatic carbocycles. The van der Waals surface area contributed by atoms with Crippen LogP contribution < -0.4 is 5.32 Å². The Kier molecular flexibility index (Phi) is 3.22. The van der Waals surface area contributed by atoms with Gasteiger partial charge in [-0.25, -0.2) is 0 Å². The maximum absolute atomic E-state index is 3.93. The first kappa shape index (κ1) is 10.4. The van der Waals surface area contributed by atoms with E-state index < -0.39 is 0 Å². The highest BCUT2D eigenvalue weighted by atomic mass is 14.9. The normalized spacial score (nSPS) is 20.2. The fourth-order valence-electron chi connectivity index (χ4n) is 2.32. The molecule has 1 aromatic carbocycles. The Morgan fingerprint density at radius 2 is 2.33 bits per heavy atom. The molecule has 0 heterocycles. The summed E-state index contributed by atoms with van der Waals surface area (Å²) >= 11 is 0. The molecule has 80 valence electrons. The molecule has 15 heavy (non-hydrogen) atoms. The van der Waals surface area contributed by atoms with Gasteiger partial charge in [0.15, 0.2) is 0 Å². The SMILES string of the molecule is C=CC(NCCC)C1Cc2ccccc21. The highest BCUT2D eigenvalue weighted by molar-refractivity contribution is 5.42. The van der Waals surface area contributed by atoms with Gasteiger partial charge in [-0.15, -0.1) is 6.58 Å². The van der Waals surface area contributed by atoms with Gasteiger partial charge >= 0.3 is 0 Å². The Balaban J connectivity index is 2.04. The molecule has 0 aromatic heterocycles. The van der Waals surface area contributed by atoms with Crippen molar-refractivity contribution in [2.45, 2.75) is 31.7 Å². The monoisotopic (exact) mass is 201 g/mol. The van der Waals surface area contributed by atoms with E-state index in [2.05, 4.69) is 49.2 Å². The molecule has 0 aliphatic heterocycles. The summed E-state index contributed by atoms with van der Waals surface area (Å²) in [7, 11) is 0. The van der Waals surface area contributed by atoms with Crippen molar-refractivity contribution in [1.29, 1.82) is 0 Å². The number of rotatable bonds is 5. The zero-order valence-corrected chi connectivity index (χ0v) is 9.37. The average Bonchev–Trinajstić information content (AvgIpc) is 2.24. The van der Waals surface area contributed by atoms with Crippen LogP contribution in [0.15, 0.2) is 36.9 Å². The maximum Gasteiger partial charge on any atom is 0.0319 e. The number of nitrogens with one attached hydrogen (secondary N) is 1. The number of benzene rings is 1. The number of fused-ring (bicyclic) bond motifs is 1. The van der Waals surface area contributed by atoms with Crippen molar-refractivity contribution in [2.24, 2.45) is 0 Å². The molecule has 0 radical (unpaired) electrons. The average molecular weight is 201 g/mol. The van der Waals surface area contributed by atoms with Crippen molar-refractivity contribution in [3.63, 3.8) is 0 Å². The van der Waals surface area contributed by atoms with Crippen LogP contribution in [-0.4, -0.2) is 12.6 Å². The van der Waals surface area contributed by atoms with Crippen LogP contribution in [0.4, 0.5) is 0 Å². The van der Waals surface area contributed by atoms with E-state index in [1.165, 1.54) is 24.0 Å². The van der Waals surface area contributed by atoms with Crippen LogP contribution in [0.2, 0.25) is 0 Å². The molecule has 1 nitrogen and oxygen atoms in total. The molecule has 1 N–H and O–H groups in total. The predicted octanol–water partition coefficient (Wildman–Crippen LogP) is 2.88. The predicted molar refractivity (Wildman–Crippen MR) is 65.2 cm³/mol. The lowest BCUT2D eigenvalue weighted by Gasteiger charge is -2.35. The van der Waals surface area contributed by atoms with Gasteiger partial charge in [-0.3, -0.25) is 0 Å². The summed E-state index contributed by atoms with van der Waals surface area (Å²) in [5.41, 5.74) is 3.01. The lowest BCUT2D eigenvalue weighted by molar-refractivity contribution is 0.459. The van der Waals surface area contributed by atoms with Crippen LogP contribution >= 0.6 is 0 Å². The quantitative estimate of drug-likeness (QED) is 0.722. The van der Waals surface area contributed by atoms with Crippen molar-refractivity contribution in [3.05, 3.63) is 48.0 Å². The number of hydrogen-bond donors (Lipinski definition) is 1. The first-order valence-electron chi connectivity index (χ1n) is 5.80. The minimum Gasteiger partial charge on any atom is -0.310 e. The van der Waals surface area contributed by atoms with E-state index in [0.29, 0.717) is 12.0 Å². The van der Waals surface area contributed by atoms with E-state index in [9.17, 15) is 0 Å². The molecule has 2 atom stereocenters. The van der Waals surface area contributed by atoms with Crippen molar-refractivity contribution < 1.29 is 0 Å². The standard InChI is InChI=1S/C14H19N/c1-3-9-15-14(4-2)13-10-11-7-5-6-8-12(11)13/h4-8,13-15H,2-3,9-10H2,1H3. The van der Waals surface area contributed by atoms with Crippen molar-refractivity contribution >= 4 is 0 Å². The van der Waals surface area contributed by atoms with E-state index in [4.69, 9.17) is 0 Å². The van der Waals surface area contributed by atoms with Crippen LogP contribution in [0.25, 0.3) is 0 Å². The fraction of sp³-hybridized carbons (Fsp3) is 0.429. The lowest BCUT2D eigenvalue weighted by atomic mass is 9.73. The van der Waals surface area contributed by atoms with Crippen molar-refractivity contribution in [3.8, 4) is 0 Å². The Morgan fingerprint density at radius 3 is 3.00 bits per heavy atom. The molecule has 1 heteroatoms. The van der Waals surface area contributed by atoms with Gasteiger partial charge in [0, 0.05) is 12.0 Å². The van der Waals surface area contributed by atoms with Crippen molar-refractivity contribution in [1.82, 2.24) is 5.32 Å². The van der Waals surface area contributed by atoms with Crippen LogP contribution in [0, 0.1) is 0 Å². The Labute approximate surface area is 92.2 Å². The minimum absolute atomic E-state index is 0.444. The van der Waals surface area contributed by atoms with Gasteiger partial charge in [0.25, 0.3) is 0 Å². The van der Waals surface area contributed by atoms with Gasteiger partial charge in [0.05, 0.1) is 0 Å². The highest BCUT2D eigenvalue weighted by Gasteiger charge is 2.30. The molecule has 0 saturated carbocycles. The van der Waals surface area contributed by atoms with Gasteiger partial charge in [-0.05, 0) is 30.5 Å². The maximum atomic E-state index is 3.93. The largest absolute Gasteiger partial charge is 0.310 e. The summed E-state index contributed by atoms with van der Waals surface area (Å²) in [4.78, 5) is 0. The molecule has 2 unspecified atom stereocenters. The van der Waals surface area contributed by atoms with Crippen LogP contribution in [0.3, 0.4) is 0 Å². The topological polar surface area (TPSA) is 12.0 Å². The summed E-state index contributed by atoms with van der Waals surface area (Å²) in [5.74, 6) is 0.644. The zero-order chi connectivity index (χ0) is 10.7. The summed E-state index contributed by atoms with van der Waals surface area (Å²) in [6.45, 7) is 7.20. The highest BCUT2D eigenvalue weighted by Crippen LogP contribution is 2.37. The molecule has 1 aliphatic rings. The van der Waals surface area contributed by atoms with Gasteiger partial charge < -0.3 is 5.32 Å². The van der Waals surface area contributed by atoms with Crippen LogP contribution in [0.5, 0.6) is 0 Å². The summed E-state index contributed by atoms with van der Waals surface area (Å²) in [5, 5.41) is 3.54. The van der Waals surface area contributed by atoms with Crippen LogP contribution in [-0.2, 0) is 6.42 Å². The minimum atomic E-state index is 0.444. The Morgan fingerprint density at radius 1 is 1.53 bits per heavy atom. The van der Waals surface area contributed by atoms with Crippen LogP contribution in [0.1, 0.15) is 30.4 Å².